The van der Waals surface area contributed by atoms with Gasteiger partial charge in [0.15, 0.2) is 9.84 Å². The summed E-state index contributed by atoms with van der Waals surface area (Å²) >= 11 is 0. The average molecular weight is 416 g/mol. The minimum atomic E-state index is -4.12. The van der Waals surface area contributed by atoms with Crippen LogP contribution in [0.25, 0.3) is 0 Å². The smallest absolute Gasteiger partial charge is 0.263 e. The number of benzene rings is 2. The van der Waals surface area contributed by atoms with Gasteiger partial charge in [-0.2, -0.15) is 10.4 Å². The van der Waals surface area contributed by atoms with Crippen molar-refractivity contribution >= 4 is 25.5 Å². The highest BCUT2D eigenvalue weighted by Gasteiger charge is 2.24. The predicted octanol–water partition coefficient (Wildman–Crippen LogP) is 2.01. The molecule has 28 heavy (non-hydrogen) atoms. The maximum absolute atomic E-state index is 12.7. The summed E-state index contributed by atoms with van der Waals surface area (Å²) in [6, 6.07) is 14.4. The summed E-state index contributed by atoms with van der Waals surface area (Å²) < 4.78 is 53.0. The first-order valence-corrected chi connectivity index (χ1v) is 11.4. The van der Waals surface area contributed by atoms with Crippen molar-refractivity contribution in [3.63, 3.8) is 0 Å². The van der Waals surface area contributed by atoms with Crippen molar-refractivity contribution < 1.29 is 16.8 Å². The third-order valence-corrected chi connectivity index (χ3v) is 6.55. The van der Waals surface area contributed by atoms with Crippen molar-refractivity contribution in [1.82, 2.24) is 9.78 Å². The van der Waals surface area contributed by atoms with Crippen LogP contribution >= 0.6 is 0 Å². The molecule has 0 amide bonds. The fraction of sp³-hybridized carbons (Fsp3) is 0.111. The normalized spacial score (nSPS) is 11.7. The van der Waals surface area contributed by atoms with Gasteiger partial charge in [-0.3, -0.25) is 9.40 Å². The Bertz CT molecular complexity index is 1270. The van der Waals surface area contributed by atoms with Crippen molar-refractivity contribution in [2.45, 2.75) is 16.3 Å². The van der Waals surface area contributed by atoms with Gasteiger partial charge in [0, 0.05) is 12.5 Å². The van der Waals surface area contributed by atoms with E-state index in [-0.39, 0.29) is 15.5 Å². The Morgan fingerprint density at radius 3 is 2.46 bits per heavy atom. The first-order chi connectivity index (χ1) is 13.2. The lowest BCUT2D eigenvalue weighted by atomic mass is 10.1. The second-order valence-corrected chi connectivity index (χ2v) is 9.70. The lowest BCUT2D eigenvalue weighted by molar-refractivity contribution is 0.588. The van der Waals surface area contributed by atoms with Crippen LogP contribution in [0.4, 0.5) is 5.69 Å². The van der Waals surface area contributed by atoms with Gasteiger partial charge in [-0.15, -0.1) is 0 Å². The fourth-order valence-corrected chi connectivity index (χ4v) is 5.28. The van der Waals surface area contributed by atoms with Gasteiger partial charge < -0.3 is 0 Å². The van der Waals surface area contributed by atoms with Gasteiger partial charge in [0.1, 0.15) is 4.90 Å². The summed E-state index contributed by atoms with van der Waals surface area (Å²) in [5, 5.41) is 13.1. The lowest BCUT2D eigenvalue weighted by Gasteiger charge is -2.09. The number of aromatic nitrogens is 2. The minimum Gasteiger partial charge on any atom is -0.276 e. The van der Waals surface area contributed by atoms with Crippen LogP contribution in [-0.4, -0.2) is 32.9 Å². The van der Waals surface area contributed by atoms with Crippen LogP contribution in [0, 0.1) is 11.3 Å². The number of hydrogen-bond acceptors (Lipinski definition) is 6. The maximum Gasteiger partial charge on any atom is 0.263 e. The summed E-state index contributed by atoms with van der Waals surface area (Å²) in [7, 11) is -7.84. The van der Waals surface area contributed by atoms with E-state index in [0.717, 1.165) is 11.8 Å². The van der Waals surface area contributed by atoms with Gasteiger partial charge in [-0.1, -0.05) is 24.3 Å². The Morgan fingerprint density at radius 1 is 1.07 bits per heavy atom. The highest BCUT2D eigenvalue weighted by Crippen LogP contribution is 2.23. The number of nitrogens with zero attached hydrogens (tertiary/aromatic N) is 3. The van der Waals surface area contributed by atoms with Gasteiger partial charge in [0.2, 0.25) is 0 Å². The number of sulfonamides is 1. The Hall–Kier alpha value is -3.16. The summed E-state index contributed by atoms with van der Waals surface area (Å²) in [6.45, 7) is 0.344. The number of nitriles is 1. The van der Waals surface area contributed by atoms with E-state index in [0.29, 0.717) is 12.1 Å². The Kier molecular flexibility index (Phi) is 5.22. The van der Waals surface area contributed by atoms with Gasteiger partial charge in [0.25, 0.3) is 10.0 Å². The van der Waals surface area contributed by atoms with Crippen LogP contribution in [0.3, 0.4) is 0 Å². The Balaban J connectivity index is 1.84. The molecule has 8 nitrogen and oxygen atoms in total. The molecule has 3 aromatic rings. The van der Waals surface area contributed by atoms with E-state index in [1.54, 1.807) is 18.2 Å². The molecule has 0 fully saturated rings. The molecule has 0 spiro atoms. The second-order valence-electron chi connectivity index (χ2n) is 6.06. The molecule has 10 heteroatoms. The number of anilines is 1. The van der Waals surface area contributed by atoms with Gasteiger partial charge in [0.05, 0.1) is 35.0 Å². The van der Waals surface area contributed by atoms with Gasteiger partial charge in [-0.25, -0.2) is 16.8 Å². The molecule has 3 rings (SSSR count). The SMILES string of the molecule is CS(=O)(=O)c1ccccc1S(=O)(=O)Nc1cnn(Cc2cccc(C#N)c2)c1. The summed E-state index contributed by atoms with van der Waals surface area (Å²) in [6.07, 6.45) is 3.77. The molecule has 0 saturated heterocycles. The molecule has 0 saturated carbocycles. The Labute approximate surface area is 163 Å². The summed E-state index contributed by atoms with van der Waals surface area (Å²) in [5.74, 6) is 0. The molecule has 2 aromatic carbocycles. The van der Waals surface area contributed by atoms with E-state index in [1.807, 2.05) is 6.07 Å². The lowest BCUT2D eigenvalue weighted by Crippen LogP contribution is -2.16. The van der Waals surface area contributed by atoms with Crippen LogP contribution in [0.5, 0.6) is 0 Å². The third kappa shape index (κ3) is 4.39. The van der Waals surface area contributed by atoms with E-state index >= 15 is 0 Å². The molecule has 0 aliphatic heterocycles. The topological polar surface area (TPSA) is 122 Å². The quantitative estimate of drug-likeness (QED) is 0.656. The van der Waals surface area contributed by atoms with E-state index in [2.05, 4.69) is 15.9 Å². The highest BCUT2D eigenvalue weighted by molar-refractivity contribution is 7.95. The molecule has 0 aliphatic rings. The zero-order chi connectivity index (χ0) is 20.4. The van der Waals surface area contributed by atoms with Crippen molar-refractivity contribution in [2.24, 2.45) is 0 Å². The summed E-state index contributed by atoms with van der Waals surface area (Å²) in [5.41, 5.74) is 1.54. The van der Waals surface area contributed by atoms with E-state index < -0.39 is 19.9 Å². The molecule has 1 N–H and O–H groups in total. The molecule has 1 aromatic heterocycles. The first-order valence-electron chi connectivity index (χ1n) is 8.02. The Morgan fingerprint density at radius 2 is 1.79 bits per heavy atom. The van der Waals surface area contributed by atoms with Crippen LogP contribution in [0.2, 0.25) is 0 Å². The molecule has 0 bridgehead atoms. The highest BCUT2D eigenvalue weighted by atomic mass is 32.2. The zero-order valence-electron chi connectivity index (χ0n) is 14.8. The van der Waals surface area contributed by atoms with Crippen molar-refractivity contribution in [2.75, 3.05) is 11.0 Å². The average Bonchev–Trinajstić information content (AvgIpc) is 3.07. The maximum atomic E-state index is 12.7. The molecule has 144 valence electrons. The largest absolute Gasteiger partial charge is 0.276 e. The van der Waals surface area contributed by atoms with Crippen LogP contribution < -0.4 is 4.72 Å². The monoisotopic (exact) mass is 416 g/mol. The molecule has 0 atom stereocenters. The van der Waals surface area contributed by atoms with Crippen LogP contribution in [0.1, 0.15) is 11.1 Å². The van der Waals surface area contributed by atoms with Gasteiger partial charge >= 0.3 is 0 Å². The molecular formula is C18H16N4O4S2. The molecule has 1 heterocycles. The molecule has 0 aliphatic carbocycles. The van der Waals surface area contributed by atoms with Crippen molar-refractivity contribution in [3.8, 4) is 6.07 Å². The summed E-state index contributed by atoms with van der Waals surface area (Å²) in [4.78, 5) is -0.602. The predicted molar refractivity (Wildman–Crippen MR) is 103 cm³/mol. The minimum absolute atomic E-state index is 0.194. The van der Waals surface area contributed by atoms with Crippen LogP contribution in [-0.2, 0) is 26.4 Å². The van der Waals surface area contributed by atoms with Crippen LogP contribution in [0.15, 0.2) is 70.7 Å². The third-order valence-electron chi connectivity index (χ3n) is 3.82. The molecular weight excluding hydrogens is 400 g/mol. The number of nitrogens with one attached hydrogen (secondary N) is 1. The second kappa shape index (κ2) is 7.46. The van der Waals surface area contributed by atoms with E-state index in [1.165, 1.54) is 41.3 Å². The van der Waals surface area contributed by atoms with E-state index in [4.69, 9.17) is 5.26 Å². The molecule has 0 radical (unpaired) electrons. The van der Waals surface area contributed by atoms with Crippen molar-refractivity contribution in [3.05, 3.63) is 72.1 Å². The van der Waals surface area contributed by atoms with Crippen molar-refractivity contribution in [1.29, 1.82) is 5.26 Å². The zero-order valence-corrected chi connectivity index (χ0v) is 16.4. The standard InChI is InChI=1S/C18H16N4O4S2/c1-27(23,24)17-7-2-3-8-18(17)28(25,26)21-16-11-20-22(13-16)12-15-6-4-5-14(9-15)10-19/h2-9,11,13,21H,12H2,1H3. The van der Waals surface area contributed by atoms with Gasteiger partial charge in [-0.05, 0) is 29.8 Å². The number of sulfone groups is 1. The first kappa shape index (κ1) is 19.6. The molecule has 0 unspecified atom stereocenters. The number of hydrogen-bond donors (Lipinski definition) is 1. The fourth-order valence-electron chi connectivity index (χ4n) is 2.62. The number of rotatable bonds is 6. The van der Waals surface area contributed by atoms with E-state index in [9.17, 15) is 16.8 Å².